The van der Waals surface area contributed by atoms with Gasteiger partial charge in [-0.15, -0.1) is 0 Å². The Morgan fingerprint density at radius 3 is 2.73 bits per heavy atom. The fourth-order valence-electron chi connectivity index (χ4n) is 1.78. The first-order chi connectivity index (χ1) is 7.13. The molecule has 0 aliphatic carbocycles. The van der Waals surface area contributed by atoms with Crippen LogP contribution in [0, 0.1) is 11.3 Å². The molecule has 3 atom stereocenters. The number of hydrogen-bond acceptors (Lipinski definition) is 4. The van der Waals surface area contributed by atoms with E-state index in [9.17, 15) is 0 Å². The summed E-state index contributed by atoms with van der Waals surface area (Å²) in [5.74, 6) is 0. The molecule has 0 aromatic carbocycles. The molecule has 0 saturated carbocycles. The summed E-state index contributed by atoms with van der Waals surface area (Å²) in [5.41, 5.74) is 0. The highest BCUT2D eigenvalue weighted by Gasteiger charge is 2.29. The summed E-state index contributed by atoms with van der Waals surface area (Å²) in [6.45, 7) is 3.84. The van der Waals surface area contributed by atoms with Crippen molar-refractivity contribution in [2.75, 3.05) is 27.2 Å². The third kappa shape index (κ3) is 4.17. The van der Waals surface area contributed by atoms with E-state index >= 15 is 0 Å². The molecule has 0 aromatic rings. The van der Waals surface area contributed by atoms with Crippen LogP contribution < -0.4 is 5.32 Å². The van der Waals surface area contributed by atoms with Crippen LogP contribution in [0.2, 0.25) is 0 Å². The van der Waals surface area contributed by atoms with Gasteiger partial charge in [-0.1, -0.05) is 0 Å². The molecule has 0 aromatic heterocycles. The second-order valence-electron chi connectivity index (χ2n) is 4.43. The molecule has 0 radical (unpaired) electrons. The van der Waals surface area contributed by atoms with E-state index < -0.39 is 0 Å². The maximum atomic E-state index is 9.03. The van der Waals surface area contributed by atoms with Crippen LogP contribution in [0.25, 0.3) is 0 Å². The Bertz CT molecular complexity index is 224. The minimum atomic E-state index is -0.158. The summed E-state index contributed by atoms with van der Waals surface area (Å²) >= 11 is 0. The summed E-state index contributed by atoms with van der Waals surface area (Å²) in [5, 5.41) is 12.3. The first kappa shape index (κ1) is 12.4. The number of nitrogens with zero attached hydrogens (tertiary/aromatic N) is 2. The van der Waals surface area contributed by atoms with Crippen molar-refractivity contribution in [2.45, 2.75) is 38.0 Å². The van der Waals surface area contributed by atoms with E-state index in [0.717, 1.165) is 25.9 Å². The molecule has 4 heteroatoms. The van der Waals surface area contributed by atoms with Gasteiger partial charge in [-0.3, -0.25) is 5.32 Å². The van der Waals surface area contributed by atoms with E-state index in [4.69, 9.17) is 10.00 Å². The fourth-order valence-corrected chi connectivity index (χ4v) is 1.78. The van der Waals surface area contributed by atoms with Gasteiger partial charge in [0.05, 0.1) is 18.3 Å². The quantitative estimate of drug-likeness (QED) is 0.723. The zero-order chi connectivity index (χ0) is 11.3. The topological polar surface area (TPSA) is 48.3 Å². The highest BCUT2D eigenvalue weighted by atomic mass is 16.5. The molecule has 4 nitrogen and oxygen atoms in total. The first-order valence-electron chi connectivity index (χ1n) is 5.56. The largest absolute Gasteiger partial charge is 0.373 e. The van der Waals surface area contributed by atoms with E-state index in [-0.39, 0.29) is 12.1 Å². The molecule has 86 valence electrons. The zero-order valence-corrected chi connectivity index (χ0v) is 9.86. The predicted octanol–water partition coefficient (Wildman–Crippen LogP) is 0.597. The van der Waals surface area contributed by atoms with Gasteiger partial charge in [-0.25, -0.2) is 0 Å². The van der Waals surface area contributed by atoms with Gasteiger partial charge >= 0.3 is 0 Å². The van der Waals surface area contributed by atoms with E-state index in [2.05, 4.69) is 23.2 Å². The Kier molecular flexibility index (Phi) is 5.03. The van der Waals surface area contributed by atoms with E-state index in [1.165, 1.54) is 0 Å². The van der Waals surface area contributed by atoms with Crippen molar-refractivity contribution in [3.05, 3.63) is 0 Å². The second-order valence-corrected chi connectivity index (χ2v) is 4.43. The van der Waals surface area contributed by atoms with Gasteiger partial charge < -0.3 is 9.64 Å². The molecular weight excluding hydrogens is 190 g/mol. The fraction of sp³-hybridized carbons (Fsp3) is 0.909. The molecule has 0 amide bonds. The molecule has 1 aliphatic heterocycles. The normalized spacial score (nSPS) is 27.9. The lowest BCUT2D eigenvalue weighted by atomic mass is 10.1. The van der Waals surface area contributed by atoms with E-state index in [1.54, 1.807) is 0 Å². The van der Waals surface area contributed by atoms with Gasteiger partial charge in [0.25, 0.3) is 0 Å². The van der Waals surface area contributed by atoms with Crippen LogP contribution in [0.15, 0.2) is 0 Å². The number of nitriles is 1. The van der Waals surface area contributed by atoms with Crippen LogP contribution in [0.4, 0.5) is 0 Å². The van der Waals surface area contributed by atoms with Crippen LogP contribution in [-0.2, 0) is 4.74 Å². The maximum absolute atomic E-state index is 9.03. The number of rotatable bonds is 5. The molecule has 0 spiro atoms. The summed E-state index contributed by atoms with van der Waals surface area (Å²) < 4.78 is 5.67. The molecule has 1 fully saturated rings. The molecule has 1 rings (SSSR count). The van der Waals surface area contributed by atoms with Crippen molar-refractivity contribution in [1.82, 2.24) is 10.2 Å². The summed E-state index contributed by atoms with van der Waals surface area (Å²) in [6, 6.07) is 2.13. The Labute approximate surface area is 92.2 Å². The number of hydrogen-bond donors (Lipinski definition) is 1. The second kappa shape index (κ2) is 6.06. The molecule has 1 N–H and O–H groups in total. The van der Waals surface area contributed by atoms with E-state index in [0.29, 0.717) is 6.10 Å². The van der Waals surface area contributed by atoms with Crippen LogP contribution >= 0.6 is 0 Å². The van der Waals surface area contributed by atoms with Crippen LogP contribution in [0.3, 0.4) is 0 Å². The third-order valence-corrected chi connectivity index (χ3v) is 2.70. The van der Waals surface area contributed by atoms with Gasteiger partial charge in [0, 0.05) is 13.1 Å². The third-order valence-electron chi connectivity index (χ3n) is 2.70. The van der Waals surface area contributed by atoms with Crippen LogP contribution in [0.5, 0.6) is 0 Å². The molecule has 0 bridgehead atoms. The molecule has 1 saturated heterocycles. The SMILES string of the molecule is CC1CCC(C(C#N)NCCN(C)C)O1. The van der Waals surface area contributed by atoms with E-state index in [1.807, 2.05) is 14.1 Å². The van der Waals surface area contributed by atoms with Gasteiger partial charge in [0.2, 0.25) is 0 Å². The van der Waals surface area contributed by atoms with Gasteiger partial charge in [0.1, 0.15) is 6.04 Å². The van der Waals surface area contributed by atoms with Crippen LogP contribution in [-0.4, -0.2) is 50.3 Å². The van der Waals surface area contributed by atoms with Crippen molar-refractivity contribution in [1.29, 1.82) is 5.26 Å². The maximum Gasteiger partial charge on any atom is 0.122 e. The predicted molar refractivity (Wildman–Crippen MR) is 59.5 cm³/mol. The van der Waals surface area contributed by atoms with Crippen molar-refractivity contribution in [3.8, 4) is 6.07 Å². The van der Waals surface area contributed by atoms with Gasteiger partial charge in [-0.05, 0) is 33.9 Å². The molecule has 15 heavy (non-hydrogen) atoms. The summed E-state index contributed by atoms with van der Waals surface area (Å²) in [6.07, 6.45) is 2.45. The average molecular weight is 211 g/mol. The average Bonchev–Trinajstić information content (AvgIpc) is 2.59. The Morgan fingerprint density at radius 1 is 1.53 bits per heavy atom. The van der Waals surface area contributed by atoms with Crippen molar-refractivity contribution < 1.29 is 4.74 Å². The lowest BCUT2D eigenvalue weighted by Gasteiger charge is -2.19. The van der Waals surface area contributed by atoms with Crippen molar-refractivity contribution in [3.63, 3.8) is 0 Å². The Morgan fingerprint density at radius 2 is 2.27 bits per heavy atom. The highest BCUT2D eigenvalue weighted by molar-refractivity contribution is 4.98. The zero-order valence-electron chi connectivity index (χ0n) is 9.86. The lowest BCUT2D eigenvalue weighted by molar-refractivity contribution is 0.0430. The number of nitrogens with one attached hydrogen (secondary N) is 1. The van der Waals surface area contributed by atoms with Crippen LogP contribution in [0.1, 0.15) is 19.8 Å². The van der Waals surface area contributed by atoms with Crippen molar-refractivity contribution >= 4 is 0 Å². The van der Waals surface area contributed by atoms with Crippen molar-refractivity contribution in [2.24, 2.45) is 0 Å². The minimum Gasteiger partial charge on any atom is -0.373 e. The summed E-state index contributed by atoms with van der Waals surface area (Å²) in [4.78, 5) is 2.10. The summed E-state index contributed by atoms with van der Waals surface area (Å²) in [7, 11) is 4.05. The Hall–Kier alpha value is -0.630. The Balaban J connectivity index is 2.27. The molecular formula is C11H21N3O. The minimum absolute atomic E-state index is 0.0761. The molecule has 1 heterocycles. The lowest BCUT2D eigenvalue weighted by Crippen LogP contribution is -2.41. The van der Waals surface area contributed by atoms with Gasteiger partial charge in [0.15, 0.2) is 0 Å². The smallest absolute Gasteiger partial charge is 0.122 e. The first-order valence-corrected chi connectivity index (χ1v) is 5.56. The van der Waals surface area contributed by atoms with Gasteiger partial charge in [-0.2, -0.15) is 5.26 Å². The number of ether oxygens (including phenoxy) is 1. The molecule has 1 aliphatic rings. The number of likely N-dealkylation sites (N-methyl/N-ethyl adjacent to an activating group) is 1. The molecule has 3 unspecified atom stereocenters. The highest BCUT2D eigenvalue weighted by Crippen LogP contribution is 2.21. The standard InChI is InChI=1S/C11H21N3O/c1-9-4-5-11(15-9)10(8-12)13-6-7-14(2)3/h9-11,13H,4-7H2,1-3H3. The monoisotopic (exact) mass is 211 g/mol.